The van der Waals surface area contributed by atoms with Gasteiger partial charge in [0, 0.05) is 21.9 Å². The van der Waals surface area contributed by atoms with Gasteiger partial charge in [0.2, 0.25) is 5.95 Å². The fourth-order valence-corrected chi connectivity index (χ4v) is 3.47. The summed E-state index contributed by atoms with van der Waals surface area (Å²) in [5, 5.41) is 2.66. The van der Waals surface area contributed by atoms with Gasteiger partial charge in [-0.1, -0.05) is 0 Å². The van der Waals surface area contributed by atoms with Crippen LogP contribution in [0, 0.1) is 13.8 Å². The van der Waals surface area contributed by atoms with Crippen LogP contribution in [-0.2, 0) is 0 Å². The second-order valence-corrected chi connectivity index (χ2v) is 6.81. The van der Waals surface area contributed by atoms with Gasteiger partial charge >= 0.3 is 6.29 Å². The summed E-state index contributed by atoms with van der Waals surface area (Å²) in [7, 11) is 0. The van der Waals surface area contributed by atoms with E-state index < -0.39 is 6.29 Å². The minimum Gasteiger partial charge on any atom is -0.395 e. The Balaban J connectivity index is 1.63. The molecular weight excluding hydrogens is 340 g/mol. The van der Waals surface area contributed by atoms with E-state index in [1.54, 1.807) is 6.07 Å². The lowest BCUT2D eigenvalue weighted by Crippen LogP contribution is -2.25. The SMILES string of the molecule is Cc1cc(C(=O)Nc2nc3cc4c(cc3[nH]2)OC(F)(F)O4)c(C)s1. The number of benzene rings is 1. The molecule has 0 saturated carbocycles. The van der Waals surface area contributed by atoms with Crippen LogP contribution in [-0.4, -0.2) is 22.2 Å². The molecule has 3 heterocycles. The number of aromatic amines is 1. The van der Waals surface area contributed by atoms with E-state index in [1.807, 2.05) is 13.8 Å². The molecule has 0 spiro atoms. The zero-order valence-corrected chi connectivity index (χ0v) is 13.4. The monoisotopic (exact) mass is 351 g/mol. The molecular formula is C15H11F2N3O3S. The highest BCUT2D eigenvalue weighted by Gasteiger charge is 2.43. The summed E-state index contributed by atoms with van der Waals surface area (Å²) in [5.74, 6) is -0.254. The number of aryl methyl sites for hydroxylation is 2. The standard InChI is InChI=1S/C15H11F2N3O3S/c1-6-3-8(7(2)24-6)13(21)20-14-18-9-4-11-12(5-10(9)19-14)23-15(16,17)22-11/h3-5H,1-2H3,(H2,18,19,20,21). The van der Waals surface area contributed by atoms with E-state index in [-0.39, 0.29) is 23.4 Å². The quantitative estimate of drug-likeness (QED) is 0.736. The molecule has 0 aliphatic carbocycles. The number of imidazole rings is 1. The van der Waals surface area contributed by atoms with Gasteiger partial charge in [0.05, 0.1) is 16.6 Å². The van der Waals surface area contributed by atoms with Gasteiger partial charge in [0.1, 0.15) is 0 Å². The van der Waals surface area contributed by atoms with Gasteiger partial charge in [-0.2, -0.15) is 0 Å². The number of H-pyrrole nitrogens is 1. The van der Waals surface area contributed by atoms with Crippen LogP contribution in [0.3, 0.4) is 0 Å². The Labute approximate surface area is 138 Å². The molecule has 0 fully saturated rings. The highest BCUT2D eigenvalue weighted by atomic mass is 32.1. The Morgan fingerprint density at radius 1 is 1.25 bits per heavy atom. The van der Waals surface area contributed by atoms with Crippen molar-refractivity contribution < 1.29 is 23.0 Å². The number of rotatable bonds is 2. The Hall–Kier alpha value is -2.68. The van der Waals surface area contributed by atoms with E-state index >= 15 is 0 Å². The number of ether oxygens (including phenoxy) is 2. The number of amides is 1. The summed E-state index contributed by atoms with van der Waals surface area (Å²) in [6.45, 7) is 3.79. The molecule has 1 amide bonds. The molecule has 124 valence electrons. The Kier molecular flexibility index (Phi) is 3.04. The maximum absolute atomic E-state index is 13.0. The van der Waals surface area contributed by atoms with E-state index in [1.165, 1.54) is 23.5 Å². The molecule has 2 N–H and O–H groups in total. The Morgan fingerprint density at radius 2 is 1.96 bits per heavy atom. The number of hydrogen-bond acceptors (Lipinski definition) is 5. The minimum absolute atomic E-state index is 0.0849. The van der Waals surface area contributed by atoms with Gasteiger partial charge in [-0.3, -0.25) is 10.1 Å². The van der Waals surface area contributed by atoms with E-state index in [0.29, 0.717) is 16.6 Å². The number of nitrogens with zero attached hydrogens (tertiary/aromatic N) is 1. The first-order chi connectivity index (χ1) is 11.3. The highest BCUT2D eigenvalue weighted by Crippen LogP contribution is 2.42. The number of thiophene rings is 1. The zero-order valence-electron chi connectivity index (χ0n) is 12.6. The predicted octanol–water partition coefficient (Wildman–Crippen LogP) is 3.82. The molecule has 1 aromatic carbocycles. The van der Waals surface area contributed by atoms with Crippen molar-refractivity contribution >= 4 is 34.2 Å². The number of anilines is 1. The molecule has 2 aromatic heterocycles. The third kappa shape index (κ3) is 2.46. The van der Waals surface area contributed by atoms with Crippen molar-refractivity contribution in [3.63, 3.8) is 0 Å². The molecule has 0 saturated heterocycles. The number of carbonyl (C=O) groups is 1. The van der Waals surface area contributed by atoms with Crippen molar-refractivity contribution in [1.29, 1.82) is 0 Å². The third-order valence-corrected chi connectivity index (χ3v) is 4.49. The smallest absolute Gasteiger partial charge is 0.395 e. The van der Waals surface area contributed by atoms with Crippen LogP contribution in [0.5, 0.6) is 11.5 Å². The van der Waals surface area contributed by atoms with Gasteiger partial charge in [-0.25, -0.2) is 4.98 Å². The Bertz CT molecular complexity index is 935. The van der Waals surface area contributed by atoms with Gasteiger partial charge in [0.25, 0.3) is 5.91 Å². The fraction of sp³-hybridized carbons (Fsp3) is 0.200. The number of alkyl halides is 2. The molecule has 0 bridgehead atoms. The predicted molar refractivity (Wildman–Crippen MR) is 84.0 cm³/mol. The van der Waals surface area contributed by atoms with Crippen LogP contribution >= 0.6 is 11.3 Å². The van der Waals surface area contributed by atoms with Crippen molar-refractivity contribution in [2.45, 2.75) is 20.1 Å². The van der Waals surface area contributed by atoms with Crippen LogP contribution in [0.4, 0.5) is 14.7 Å². The van der Waals surface area contributed by atoms with Crippen LogP contribution in [0.2, 0.25) is 0 Å². The van der Waals surface area contributed by atoms with Crippen molar-refractivity contribution in [2.75, 3.05) is 5.32 Å². The molecule has 1 aliphatic heterocycles. The number of nitrogens with one attached hydrogen (secondary N) is 2. The summed E-state index contributed by atoms with van der Waals surface area (Å²) in [4.78, 5) is 21.3. The highest BCUT2D eigenvalue weighted by molar-refractivity contribution is 7.12. The minimum atomic E-state index is -3.67. The summed E-state index contributed by atoms with van der Waals surface area (Å²) in [6.07, 6.45) is -3.67. The molecule has 1 aliphatic rings. The number of aromatic nitrogens is 2. The molecule has 24 heavy (non-hydrogen) atoms. The lowest BCUT2D eigenvalue weighted by atomic mass is 10.2. The van der Waals surface area contributed by atoms with Crippen molar-refractivity contribution in [1.82, 2.24) is 9.97 Å². The lowest BCUT2D eigenvalue weighted by Gasteiger charge is -2.04. The van der Waals surface area contributed by atoms with Gasteiger partial charge in [-0.05, 0) is 19.9 Å². The normalized spacial score (nSPS) is 15.0. The van der Waals surface area contributed by atoms with Crippen LogP contribution < -0.4 is 14.8 Å². The second-order valence-electron chi connectivity index (χ2n) is 5.35. The number of halogens is 2. The molecule has 0 atom stereocenters. The number of hydrogen-bond donors (Lipinski definition) is 2. The summed E-state index contributed by atoms with van der Waals surface area (Å²) < 4.78 is 34.9. The zero-order chi connectivity index (χ0) is 17.1. The summed E-state index contributed by atoms with van der Waals surface area (Å²) >= 11 is 1.53. The molecule has 6 nitrogen and oxygen atoms in total. The second kappa shape index (κ2) is 4.91. The van der Waals surface area contributed by atoms with Crippen LogP contribution in [0.15, 0.2) is 18.2 Å². The van der Waals surface area contributed by atoms with Gasteiger partial charge < -0.3 is 14.5 Å². The summed E-state index contributed by atoms with van der Waals surface area (Å²) in [5.41, 5.74) is 1.40. The fourth-order valence-electron chi connectivity index (χ4n) is 2.54. The average Bonchev–Trinajstić information content (AvgIpc) is 3.08. The third-order valence-electron chi connectivity index (χ3n) is 3.52. The van der Waals surface area contributed by atoms with Gasteiger partial charge in [0.15, 0.2) is 11.5 Å². The van der Waals surface area contributed by atoms with E-state index in [2.05, 4.69) is 24.8 Å². The number of carbonyl (C=O) groups excluding carboxylic acids is 1. The average molecular weight is 351 g/mol. The molecule has 3 aromatic rings. The largest absolute Gasteiger partial charge is 0.586 e. The summed E-state index contributed by atoms with van der Waals surface area (Å²) in [6, 6.07) is 4.49. The molecule has 4 rings (SSSR count). The number of fused-ring (bicyclic) bond motifs is 2. The van der Waals surface area contributed by atoms with Crippen molar-refractivity contribution in [2.24, 2.45) is 0 Å². The van der Waals surface area contributed by atoms with Crippen LogP contribution in [0.1, 0.15) is 20.1 Å². The van der Waals surface area contributed by atoms with Gasteiger partial charge in [-0.15, -0.1) is 20.1 Å². The van der Waals surface area contributed by atoms with E-state index in [0.717, 1.165) is 9.75 Å². The maximum atomic E-state index is 13.0. The van der Waals surface area contributed by atoms with E-state index in [4.69, 9.17) is 0 Å². The molecule has 0 radical (unpaired) electrons. The van der Waals surface area contributed by atoms with Crippen molar-refractivity contribution in [3.05, 3.63) is 33.5 Å². The van der Waals surface area contributed by atoms with Crippen molar-refractivity contribution in [3.8, 4) is 11.5 Å². The topological polar surface area (TPSA) is 76.2 Å². The Morgan fingerprint density at radius 3 is 2.62 bits per heavy atom. The lowest BCUT2D eigenvalue weighted by molar-refractivity contribution is -0.286. The van der Waals surface area contributed by atoms with Crippen LogP contribution in [0.25, 0.3) is 11.0 Å². The first kappa shape index (κ1) is 14.9. The van der Waals surface area contributed by atoms with E-state index in [9.17, 15) is 13.6 Å². The first-order valence-electron chi connectivity index (χ1n) is 6.99. The molecule has 9 heteroatoms. The first-order valence-corrected chi connectivity index (χ1v) is 7.80. The maximum Gasteiger partial charge on any atom is 0.586 e. The molecule has 0 unspecified atom stereocenters.